The summed E-state index contributed by atoms with van der Waals surface area (Å²) in [6.07, 6.45) is 6.59. The molecule has 17 heavy (non-hydrogen) atoms. The highest BCUT2D eigenvalue weighted by Crippen LogP contribution is 2.17. The average molecular weight is 224 g/mol. The minimum Gasteiger partial charge on any atom is -0.256 e. The molecule has 0 amide bonds. The lowest BCUT2D eigenvalue weighted by Crippen LogP contribution is -1.81. The topological polar surface area (TPSA) is 61.7 Å². The number of rotatable bonds is 4. The van der Waals surface area contributed by atoms with E-state index in [9.17, 15) is 0 Å². The van der Waals surface area contributed by atoms with E-state index in [-0.39, 0.29) is 0 Å². The number of nitrogens with zero attached hydrogens (tertiary/aromatic N) is 4. The zero-order valence-corrected chi connectivity index (χ0v) is 9.32. The van der Waals surface area contributed by atoms with Crippen molar-refractivity contribution in [1.29, 1.82) is 0 Å². The van der Waals surface area contributed by atoms with E-state index in [1.807, 2.05) is 36.4 Å². The minimum atomic E-state index is 0.496. The first-order valence-electron chi connectivity index (χ1n) is 5.43. The Morgan fingerprint density at radius 3 is 3.12 bits per heavy atom. The van der Waals surface area contributed by atoms with Crippen molar-refractivity contribution in [3.05, 3.63) is 58.6 Å². The molecule has 2 rings (SSSR count). The highest BCUT2D eigenvalue weighted by atomic mass is 15.1. The Morgan fingerprint density at radius 1 is 1.29 bits per heavy atom. The lowest BCUT2D eigenvalue weighted by Gasteiger charge is -2.00. The molecule has 1 heterocycles. The maximum Gasteiger partial charge on any atom is 0.0707 e. The molecule has 0 aliphatic rings. The van der Waals surface area contributed by atoms with Gasteiger partial charge in [0.1, 0.15) is 0 Å². The van der Waals surface area contributed by atoms with Crippen molar-refractivity contribution in [1.82, 2.24) is 4.98 Å². The quantitative estimate of drug-likeness (QED) is 0.335. The molecule has 84 valence electrons. The van der Waals surface area contributed by atoms with Crippen molar-refractivity contribution >= 4 is 17.0 Å². The van der Waals surface area contributed by atoms with Crippen LogP contribution in [0.1, 0.15) is 12.0 Å². The van der Waals surface area contributed by atoms with Crippen molar-refractivity contribution < 1.29 is 0 Å². The van der Waals surface area contributed by atoms with E-state index in [0.29, 0.717) is 6.54 Å². The zero-order valence-electron chi connectivity index (χ0n) is 9.32. The molecule has 4 nitrogen and oxygen atoms in total. The molecular formula is C13H12N4. The number of aromatic nitrogens is 1. The van der Waals surface area contributed by atoms with Gasteiger partial charge in [-0.05, 0) is 29.6 Å². The van der Waals surface area contributed by atoms with E-state index >= 15 is 0 Å². The number of pyridine rings is 1. The fourth-order valence-electron chi connectivity index (χ4n) is 1.66. The molecule has 0 aliphatic heterocycles. The van der Waals surface area contributed by atoms with E-state index < -0.39 is 0 Å². The predicted molar refractivity (Wildman–Crippen MR) is 69.4 cm³/mol. The molecule has 0 aliphatic carbocycles. The first-order chi connectivity index (χ1) is 8.42. The van der Waals surface area contributed by atoms with E-state index in [2.05, 4.69) is 21.1 Å². The van der Waals surface area contributed by atoms with Crippen LogP contribution in [0, 0.1) is 0 Å². The lowest BCUT2D eigenvalue weighted by atomic mass is 10.1. The third-order valence-electron chi connectivity index (χ3n) is 2.44. The van der Waals surface area contributed by atoms with Gasteiger partial charge in [0.25, 0.3) is 0 Å². The molecule has 0 radical (unpaired) electrons. The summed E-state index contributed by atoms with van der Waals surface area (Å²) in [7, 11) is 0. The first kappa shape index (κ1) is 11.2. The van der Waals surface area contributed by atoms with Crippen LogP contribution in [0.5, 0.6) is 0 Å². The van der Waals surface area contributed by atoms with Gasteiger partial charge in [0, 0.05) is 23.0 Å². The summed E-state index contributed by atoms with van der Waals surface area (Å²) < 4.78 is 0. The van der Waals surface area contributed by atoms with Crippen molar-refractivity contribution in [3.63, 3.8) is 0 Å². The van der Waals surface area contributed by atoms with Crippen LogP contribution in [0.15, 0.2) is 47.7 Å². The van der Waals surface area contributed by atoms with Crippen LogP contribution in [-0.4, -0.2) is 11.5 Å². The number of hydrogen-bond donors (Lipinski definition) is 0. The average Bonchev–Trinajstić information content (AvgIpc) is 2.39. The second kappa shape index (κ2) is 5.68. The number of azide groups is 1. The van der Waals surface area contributed by atoms with Gasteiger partial charge in [-0.2, -0.15) is 0 Å². The molecule has 1 aromatic carbocycles. The molecule has 0 atom stereocenters. The molecule has 0 saturated heterocycles. The molecule has 4 heteroatoms. The Balaban J connectivity index is 2.21. The van der Waals surface area contributed by atoms with Crippen LogP contribution >= 0.6 is 0 Å². The first-order valence-corrected chi connectivity index (χ1v) is 5.43. The van der Waals surface area contributed by atoms with Gasteiger partial charge in [0.15, 0.2) is 0 Å². The van der Waals surface area contributed by atoms with E-state index in [4.69, 9.17) is 5.53 Å². The third-order valence-corrected chi connectivity index (χ3v) is 2.44. The monoisotopic (exact) mass is 224 g/mol. The van der Waals surface area contributed by atoms with Crippen LogP contribution in [-0.2, 0) is 0 Å². The normalized spacial score (nSPS) is 10.6. The zero-order chi connectivity index (χ0) is 11.9. The summed E-state index contributed by atoms with van der Waals surface area (Å²) in [5.41, 5.74) is 10.3. The molecule has 0 fully saturated rings. The number of fused-ring (bicyclic) bond motifs is 1. The van der Waals surface area contributed by atoms with Crippen LogP contribution < -0.4 is 0 Å². The second-order valence-corrected chi connectivity index (χ2v) is 3.56. The summed E-state index contributed by atoms with van der Waals surface area (Å²) >= 11 is 0. The molecule has 0 N–H and O–H groups in total. The van der Waals surface area contributed by atoms with Crippen LogP contribution in [0.2, 0.25) is 0 Å². The smallest absolute Gasteiger partial charge is 0.0707 e. The SMILES string of the molecule is [N-]=[N+]=NCCC=Cc1cccc2ncccc12. The molecular weight excluding hydrogens is 212 g/mol. The fourth-order valence-corrected chi connectivity index (χ4v) is 1.66. The molecule has 0 bridgehead atoms. The van der Waals surface area contributed by atoms with Crippen molar-refractivity contribution in [3.8, 4) is 0 Å². The molecule has 2 aromatic rings. The van der Waals surface area contributed by atoms with Gasteiger partial charge in [-0.15, -0.1) is 0 Å². The van der Waals surface area contributed by atoms with Crippen molar-refractivity contribution in [2.75, 3.05) is 6.54 Å². The van der Waals surface area contributed by atoms with Gasteiger partial charge in [-0.3, -0.25) is 4.98 Å². The van der Waals surface area contributed by atoms with Gasteiger partial charge in [0.05, 0.1) is 5.52 Å². The lowest BCUT2D eigenvalue weighted by molar-refractivity contribution is 0.996. The molecule has 1 aromatic heterocycles. The summed E-state index contributed by atoms with van der Waals surface area (Å²) in [6.45, 7) is 0.496. The van der Waals surface area contributed by atoms with Gasteiger partial charge in [-0.25, -0.2) is 0 Å². The van der Waals surface area contributed by atoms with Gasteiger partial charge < -0.3 is 0 Å². The number of benzene rings is 1. The summed E-state index contributed by atoms with van der Waals surface area (Å²) in [6, 6.07) is 10.0. The number of hydrogen-bond acceptors (Lipinski definition) is 2. The van der Waals surface area contributed by atoms with Crippen LogP contribution in [0.3, 0.4) is 0 Å². The minimum absolute atomic E-state index is 0.496. The summed E-state index contributed by atoms with van der Waals surface area (Å²) in [4.78, 5) is 7.01. The van der Waals surface area contributed by atoms with Gasteiger partial charge >= 0.3 is 0 Å². The van der Waals surface area contributed by atoms with E-state index in [1.165, 1.54) is 0 Å². The Labute approximate surface area is 99.2 Å². The van der Waals surface area contributed by atoms with Gasteiger partial charge in [-0.1, -0.05) is 35.5 Å². The van der Waals surface area contributed by atoms with Crippen LogP contribution in [0.4, 0.5) is 0 Å². The highest BCUT2D eigenvalue weighted by molar-refractivity contribution is 5.87. The Morgan fingerprint density at radius 2 is 2.24 bits per heavy atom. The molecule has 0 spiro atoms. The van der Waals surface area contributed by atoms with Crippen LogP contribution in [0.25, 0.3) is 27.4 Å². The van der Waals surface area contributed by atoms with E-state index in [1.54, 1.807) is 6.20 Å². The molecule has 0 saturated carbocycles. The predicted octanol–water partition coefficient (Wildman–Crippen LogP) is 3.95. The largest absolute Gasteiger partial charge is 0.256 e. The summed E-state index contributed by atoms with van der Waals surface area (Å²) in [5.74, 6) is 0. The standard InChI is InChI=1S/C13H12N4/c14-17-16-10-2-1-5-11-6-3-8-13-12(11)7-4-9-15-13/h1,3-9H,2,10H2. The Bertz CT molecular complexity index is 577. The Kier molecular flexibility index (Phi) is 3.73. The maximum absolute atomic E-state index is 8.15. The second-order valence-electron chi connectivity index (χ2n) is 3.56. The fraction of sp³-hybridized carbons (Fsp3) is 0.154. The third kappa shape index (κ3) is 2.83. The Hall–Kier alpha value is -2.32. The van der Waals surface area contributed by atoms with E-state index in [0.717, 1.165) is 22.9 Å². The van der Waals surface area contributed by atoms with Crippen molar-refractivity contribution in [2.45, 2.75) is 6.42 Å². The molecule has 0 unspecified atom stereocenters. The summed E-state index contributed by atoms with van der Waals surface area (Å²) in [5, 5.41) is 4.62. The highest BCUT2D eigenvalue weighted by Gasteiger charge is 1.96. The maximum atomic E-state index is 8.15. The van der Waals surface area contributed by atoms with Crippen molar-refractivity contribution in [2.24, 2.45) is 5.11 Å². The van der Waals surface area contributed by atoms with Gasteiger partial charge in [0.2, 0.25) is 0 Å².